The van der Waals surface area contributed by atoms with Crippen LogP contribution in [0.2, 0.25) is 0 Å². The molecular weight excluding hydrogens is 318 g/mol. The molecule has 0 saturated heterocycles. The molecule has 0 aromatic heterocycles. The minimum absolute atomic E-state index is 0. The number of hydrogen-bond acceptors (Lipinski definition) is 1. The van der Waals surface area contributed by atoms with Gasteiger partial charge in [-0.15, -0.1) is 12.2 Å². The van der Waals surface area contributed by atoms with E-state index >= 15 is 0 Å². The molecule has 0 atom stereocenters. The maximum absolute atomic E-state index is 5.83. The van der Waals surface area contributed by atoms with Crippen molar-refractivity contribution in [1.29, 1.82) is 0 Å². The zero-order valence-corrected chi connectivity index (χ0v) is 12.1. The second-order valence-electron chi connectivity index (χ2n) is 2.73. The number of nitrogens with zero attached hydrogens (tertiary/aromatic N) is 1. The average Bonchev–Trinajstić information content (AvgIpc) is 2.10. The molecule has 1 aliphatic carbocycles. The van der Waals surface area contributed by atoms with Crippen LogP contribution in [-0.2, 0) is 19.5 Å². The first-order valence-electron chi connectivity index (χ1n) is 4.39. The molecule has 0 saturated carbocycles. The Morgan fingerprint density at radius 3 is 2.20 bits per heavy atom. The van der Waals surface area contributed by atoms with Gasteiger partial charge in [-0.25, -0.2) is 0 Å². The van der Waals surface area contributed by atoms with E-state index in [0.29, 0.717) is 0 Å². The van der Waals surface area contributed by atoms with Gasteiger partial charge in [-0.3, -0.25) is 0 Å². The molecular formula is C11H15Cl2NRu. The predicted molar refractivity (Wildman–Crippen MR) is 52.3 cm³/mol. The maximum Gasteiger partial charge on any atom is 2.00 e. The van der Waals surface area contributed by atoms with Gasteiger partial charge in [0.25, 0.3) is 0 Å². The van der Waals surface area contributed by atoms with Crippen LogP contribution in [0.5, 0.6) is 0 Å². The van der Waals surface area contributed by atoms with Gasteiger partial charge >= 0.3 is 19.5 Å². The van der Waals surface area contributed by atoms with Crippen molar-refractivity contribution in [3.05, 3.63) is 42.5 Å². The van der Waals surface area contributed by atoms with Gasteiger partial charge in [0.2, 0.25) is 0 Å². The minimum atomic E-state index is 0. The van der Waals surface area contributed by atoms with Crippen molar-refractivity contribution in [2.75, 3.05) is 13.1 Å². The second-order valence-corrected chi connectivity index (χ2v) is 2.73. The van der Waals surface area contributed by atoms with Crippen molar-refractivity contribution in [1.82, 2.24) is 4.90 Å². The molecule has 0 aromatic rings. The third-order valence-electron chi connectivity index (χ3n) is 2.04. The molecule has 15 heavy (non-hydrogen) atoms. The van der Waals surface area contributed by atoms with E-state index in [1.165, 1.54) is 0 Å². The summed E-state index contributed by atoms with van der Waals surface area (Å²) in [6.07, 6.45) is 7.97. The molecule has 0 radical (unpaired) electrons. The molecule has 0 amide bonds. The molecule has 1 rings (SSSR count). The monoisotopic (exact) mass is 333 g/mol. The van der Waals surface area contributed by atoms with Gasteiger partial charge < -0.3 is 29.7 Å². The number of halogens is 2. The van der Waals surface area contributed by atoms with E-state index in [1.54, 1.807) is 0 Å². The van der Waals surface area contributed by atoms with E-state index in [4.69, 9.17) is 6.58 Å². The third kappa shape index (κ3) is 5.59. The summed E-state index contributed by atoms with van der Waals surface area (Å²) in [6.45, 7) is 12.1. The summed E-state index contributed by atoms with van der Waals surface area (Å²) in [4.78, 5) is 2.25. The van der Waals surface area contributed by atoms with Crippen LogP contribution in [-0.4, -0.2) is 18.0 Å². The first kappa shape index (κ1) is 20.4. The summed E-state index contributed by atoms with van der Waals surface area (Å²) < 4.78 is 0. The zero-order valence-electron chi connectivity index (χ0n) is 8.86. The molecule has 1 nitrogen and oxygen atoms in total. The van der Waals surface area contributed by atoms with Gasteiger partial charge in [-0.2, -0.15) is 12.5 Å². The van der Waals surface area contributed by atoms with Gasteiger partial charge in [0, 0.05) is 13.1 Å². The number of rotatable bonds is 3. The number of allylic oxidation sites excluding steroid dienone is 3. The molecule has 86 valence electrons. The van der Waals surface area contributed by atoms with Crippen LogP contribution in [0.3, 0.4) is 0 Å². The average molecular weight is 333 g/mol. The van der Waals surface area contributed by atoms with Crippen molar-refractivity contribution in [2.45, 2.75) is 13.8 Å². The third-order valence-corrected chi connectivity index (χ3v) is 2.04. The normalized spacial score (nSPS) is 12.3. The van der Waals surface area contributed by atoms with Crippen LogP contribution in [0.15, 0.2) is 29.5 Å². The first-order valence-corrected chi connectivity index (χ1v) is 4.39. The fraction of sp³-hybridized carbons (Fsp3) is 0.364. The molecule has 0 fully saturated rings. The summed E-state index contributed by atoms with van der Waals surface area (Å²) >= 11 is 0. The standard InChI is InChI=1S/C11H15N.2ClH.Ru/c1-4-12(5-2)11-9-7-6-8-10(11)3;;;/h3,6-9H,4-5H2,1-2H3;2*1H;/q;;;+2/p-2. The van der Waals surface area contributed by atoms with Gasteiger partial charge in [0.15, 0.2) is 0 Å². The van der Waals surface area contributed by atoms with Crippen molar-refractivity contribution >= 4 is 0 Å². The van der Waals surface area contributed by atoms with Gasteiger partial charge in [0.1, 0.15) is 0 Å². The molecule has 0 aromatic carbocycles. The van der Waals surface area contributed by atoms with E-state index in [-0.39, 0.29) is 44.3 Å². The molecule has 1 aliphatic rings. The van der Waals surface area contributed by atoms with Crippen LogP contribution >= 0.6 is 0 Å². The second kappa shape index (κ2) is 10.5. The summed E-state index contributed by atoms with van der Waals surface area (Å²) in [5.74, 6) is 0. The minimum Gasteiger partial charge on any atom is -1.00 e. The summed E-state index contributed by atoms with van der Waals surface area (Å²) in [7, 11) is 0. The number of hydrogen-bond donors (Lipinski definition) is 0. The first-order chi connectivity index (χ1) is 5.79. The quantitative estimate of drug-likeness (QED) is 0.380. The molecule has 0 N–H and O–H groups in total. The Labute approximate surface area is 118 Å². The Hall–Kier alpha value is 0.00338. The van der Waals surface area contributed by atoms with Crippen molar-refractivity contribution < 1.29 is 44.3 Å². The van der Waals surface area contributed by atoms with Crippen molar-refractivity contribution in [3.63, 3.8) is 0 Å². The Morgan fingerprint density at radius 2 is 1.80 bits per heavy atom. The maximum atomic E-state index is 5.83. The smallest absolute Gasteiger partial charge is 1.00 e. The van der Waals surface area contributed by atoms with Crippen LogP contribution in [0.25, 0.3) is 0 Å². The Bertz CT molecular complexity index is 233. The molecule has 4 heteroatoms. The van der Waals surface area contributed by atoms with Gasteiger partial charge in [-0.05, 0) is 25.1 Å². The molecule has 0 heterocycles. The Morgan fingerprint density at radius 1 is 1.27 bits per heavy atom. The Kier molecular flexibility index (Phi) is 14.3. The summed E-state index contributed by atoms with van der Waals surface area (Å²) in [5, 5.41) is 0. The van der Waals surface area contributed by atoms with Crippen LogP contribution in [0.1, 0.15) is 13.8 Å². The van der Waals surface area contributed by atoms with Gasteiger partial charge in [-0.1, -0.05) is 6.58 Å². The molecule has 0 bridgehead atoms. The van der Waals surface area contributed by atoms with Crippen LogP contribution in [0, 0.1) is 13.0 Å². The van der Waals surface area contributed by atoms with E-state index in [1.807, 2.05) is 18.6 Å². The summed E-state index contributed by atoms with van der Waals surface area (Å²) in [5.41, 5.74) is 2.00. The van der Waals surface area contributed by atoms with E-state index < -0.39 is 0 Å². The molecule has 0 aliphatic heterocycles. The molecule has 0 spiro atoms. The fourth-order valence-electron chi connectivity index (χ4n) is 1.34. The van der Waals surface area contributed by atoms with Crippen molar-refractivity contribution in [2.24, 2.45) is 0 Å². The SMILES string of the molecule is [CH+]=C1C=C[CH-]C=C1N(CC)CC.[Cl-].[Cl-].[Ru+2]. The van der Waals surface area contributed by atoms with E-state index in [0.717, 1.165) is 24.4 Å². The largest absolute Gasteiger partial charge is 2.00 e. The topological polar surface area (TPSA) is 3.24 Å². The van der Waals surface area contributed by atoms with Crippen LogP contribution < -0.4 is 24.8 Å². The summed E-state index contributed by atoms with van der Waals surface area (Å²) in [6, 6.07) is 0. The zero-order chi connectivity index (χ0) is 8.97. The predicted octanol–water partition coefficient (Wildman–Crippen LogP) is -3.65. The van der Waals surface area contributed by atoms with Crippen molar-refractivity contribution in [3.8, 4) is 0 Å². The fourth-order valence-corrected chi connectivity index (χ4v) is 1.34. The van der Waals surface area contributed by atoms with Crippen LogP contribution in [0.4, 0.5) is 0 Å². The van der Waals surface area contributed by atoms with E-state index in [2.05, 4.69) is 24.8 Å². The van der Waals surface area contributed by atoms with Gasteiger partial charge in [0.05, 0.1) is 0 Å². The number of likely N-dealkylation sites (N-methyl/N-ethyl adjacent to an activating group) is 1. The Balaban J connectivity index is -0.000000480. The van der Waals surface area contributed by atoms with E-state index in [9.17, 15) is 0 Å². The molecule has 0 unspecified atom stereocenters.